The highest BCUT2D eigenvalue weighted by Crippen LogP contribution is 2.17. The number of carbonyl (C=O) groups excluding carboxylic acids is 1. The smallest absolute Gasteiger partial charge is 0.320 e. The van der Waals surface area contributed by atoms with Gasteiger partial charge in [0, 0.05) is 25.2 Å². The molecule has 0 radical (unpaired) electrons. The normalized spacial score (nSPS) is 12.2. The van der Waals surface area contributed by atoms with Crippen molar-refractivity contribution in [3.8, 4) is 0 Å². The van der Waals surface area contributed by atoms with E-state index in [1.807, 2.05) is 47.4 Å². The highest BCUT2D eigenvalue weighted by atomic mass is 35.5. The lowest BCUT2D eigenvalue weighted by atomic mass is 10.1. The van der Waals surface area contributed by atoms with Crippen molar-refractivity contribution in [2.24, 2.45) is 0 Å². The van der Waals surface area contributed by atoms with Crippen LogP contribution in [0.1, 0.15) is 24.2 Å². The topological polar surface area (TPSA) is 49.8 Å². The van der Waals surface area contributed by atoms with Crippen molar-refractivity contribution >= 4 is 5.97 Å². The highest BCUT2D eigenvalue weighted by molar-refractivity contribution is 5.71. The third-order valence-electron chi connectivity index (χ3n) is 3.60. The molecule has 5 heteroatoms. The van der Waals surface area contributed by atoms with E-state index < -0.39 is 6.10 Å². The summed E-state index contributed by atoms with van der Waals surface area (Å²) in [6.45, 7) is 3.17. The highest BCUT2D eigenvalue weighted by Gasteiger charge is 2.18. The van der Waals surface area contributed by atoms with Crippen LogP contribution in [0.3, 0.4) is 0 Å². The Bertz CT molecular complexity index is 631. The van der Waals surface area contributed by atoms with Gasteiger partial charge in [-0.15, -0.1) is 0 Å². The minimum atomic E-state index is -0.696. The Balaban J connectivity index is 2.06. The van der Waals surface area contributed by atoms with Crippen LogP contribution in [-0.2, 0) is 16.1 Å². The molecule has 0 saturated carbocycles. The summed E-state index contributed by atoms with van der Waals surface area (Å²) in [6, 6.07) is 17.1. The van der Waals surface area contributed by atoms with E-state index in [1.54, 1.807) is 19.1 Å². The summed E-state index contributed by atoms with van der Waals surface area (Å²) in [5.74, 6) is -0.290. The van der Waals surface area contributed by atoms with Crippen LogP contribution in [0.25, 0.3) is 0 Å². The van der Waals surface area contributed by atoms with Crippen LogP contribution in [0.5, 0.6) is 0 Å². The molecule has 0 saturated heterocycles. The third kappa shape index (κ3) is 5.96. The van der Waals surface area contributed by atoms with Crippen molar-refractivity contribution in [3.63, 3.8) is 0 Å². The first-order chi connectivity index (χ1) is 11.6. The van der Waals surface area contributed by atoms with E-state index in [0.29, 0.717) is 19.7 Å². The molecule has 0 aliphatic heterocycles. The average molecular weight is 349 g/mol. The molecule has 1 N–H and O–H groups in total. The van der Waals surface area contributed by atoms with Crippen LogP contribution < -0.4 is 0 Å². The second-order valence-corrected chi connectivity index (χ2v) is 6.02. The fraction of sp³-hybridized carbons (Fsp3) is 0.316. The summed E-state index contributed by atoms with van der Waals surface area (Å²) in [4.78, 5) is 13.7. The maximum absolute atomic E-state index is 11.8. The molecular weight excluding hydrogens is 326 g/mol. The molecule has 128 valence electrons. The summed E-state index contributed by atoms with van der Waals surface area (Å²) in [7, 11) is 0. The lowest BCUT2D eigenvalue weighted by molar-refractivity contribution is -0.288. The molecule has 0 spiro atoms. The SMILES string of the molecule is CCOC(=O)CN(Cc1ccccc1)C[C@H](O)c1ccc([ClH+])cc1. The largest absolute Gasteiger partial charge is 0.465 e. The number of aliphatic hydroxyl groups is 1. The van der Waals surface area contributed by atoms with Crippen LogP contribution in [0, 0.1) is 11.6 Å². The molecule has 0 aromatic heterocycles. The van der Waals surface area contributed by atoms with Crippen molar-refractivity contribution in [1.29, 1.82) is 0 Å². The molecule has 0 bridgehead atoms. The second kappa shape index (κ2) is 9.42. The van der Waals surface area contributed by atoms with Gasteiger partial charge >= 0.3 is 5.97 Å². The van der Waals surface area contributed by atoms with Gasteiger partial charge in [-0.3, -0.25) is 9.69 Å². The van der Waals surface area contributed by atoms with Gasteiger partial charge < -0.3 is 9.84 Å². The molecule has 24 heavy (non-hydrogen) atoms. The summed E-state index contributed by atoms with van der Waals surface area (Å²) < 4.78 is 5.04. The van der Waals surface area contributed by atoms with Gasteiger partial charge in [0.25, 0.3) is 0 Å². The van der Waals surface area contributed by atoms with Gasteiger partial charge in [0.1, 0.15) is 0 Å². The van der Waals surface area contributed by atoms with Gasteiger partial charge in [0.2, 0.25) is 5.02 Å². The quantitative estimate of drug-likeness (QED) is 0.745. The van der Waals surface area contributed by atoms with E-state index in [2.05, 4.69) is 0 Å². The van der Waals surface area contributed by atoms with Crippen LogP contribution in [0.2, 0.25) is 5.02 Å². The van der Waals surface area contributed by atoms with E-state index in [1.165, 1.54) is 0 Å². The van der Waals surface area contributed by atoms with Crippen molar-refractivity contribution in [2.45, 2.75) is 19.6 Å². The summed E-state index contributed by atoms with van der Waals surface area (Å²) in [5, 5.41) is 11.2. The van der Waals surface area contributed by atoms with Crippen molar-refractivity contribution in [3.05, 3.63) is 70.7 Å². The van der Waals surface area contributed by atoms with Gasteiger partial charge in [-0.25, -0.2) is 0 Å². The molecule has 4 nitrogen and oxygen atoms in total. The molecule has 0 aliphatic rings. The predicted molar refractivity (Wildman–Crippen MR) is 90.3 cm³/mol. The summed E-state index contributed by atoms with van der Waals surface area (Å²) in [5.41, 5.74) is 1.86. The number of nitrogens with zero attached hydrogens (tertiary/aromatic N) is 1. The Hall–Kier alpha value is -1.88. The molecule has 2 aromatic carbocycles. The Morgan fingerprint density at radius 1 is 1.17 bits per heavy atom. The fourth-order valence-corrected chi connectivity index (χ4v) is 2.59. The number of aliphatic hydroxyl groups excluding tert-OH is 1. The lowest BCUT2D eigenvalue weighted by Crippen LogP contribution is -2.34. The van der Waals surface area contributed by atoms with E-state index >= 15 is 0 Å². The zero-order chi connectivity index (χ0) is 17.4. The van der Waals surface area contributed by atoms with Crippen LogP contribution in [0.15, 0.2) is 54.6 Å². The second-order valence-electron chi connectivity index (χ2n) is 5.55. The fourth-order valence-electron chi connectivity index (χ4n) is 2.46. The van der Waals surface area contributed by atoms with Gasteiger partial charge in [-0.05, 0) is 18.1 Å². The third-order valence-corrected chi connectivity index (χ3v) is 3.88. The number of ether oxygens (including phenoxy) is 1. The first-order valence-corrected chi connectivity index (χ1v) is 8.36. The number of halogens is 1. The van der Waals surface area contributed by atoms with Crippen LogP contribution >= 0.6 is 0 Å². The maximum Gasteiger partial charge on any atom is 0.320 e. The minimum absolute atomic E-state index is 0.138. The van der Waals surface area contributed by atoms with Crippen molar-refractivity contribution in [2.75, 3.05) is 19.7 Å². The van der Waals surface area contributed by atoms with Crippen molar-refractivity contribution in [1.82, 2.24) is 4.90 Å². The first-order valence-electron chi connectivity index (χ1n) is 7.95. The molecule has 2 rings (SSSR count). The number of rotatable bonds is 8. The zero-order valence-electron chi connectivity index (χ0n) is 13.7. The summed E-state index contributed by atoms with van der Waals surface area (Å²) in [6.07, 6.45) is -0.696. The number of carbonyl (C=O) groups is 1. The van der Waals surface area contributed by atoms with Gasteiger partial charge in [-0.2, -0.15) is 0 Å². The monoisotopic (exact) mass is 348 g/mol. The zero-order valence-corrected chi connectivity index (χ0v) is 14.5. The standard InChI is InChI=1S/C19H23ClNO3/c1-2-24-19(23)14-21(12-15-6-4-3-5-7-15)13-18(22)16-8-10-17(20)11-9-16/h3-11,18,20,22H,2,12-14H2,1H3/q+1/t18-/m0/s1. The number of hydrogen-bond donors (Lipinski definition) is 1. The lowest BCUT2D eigenvalue weighted by Gasteiger charge is -2.24. The average Bonchev–Trinajstić information content (AvgIpc) is 2.56. The molecular formula is C19H23ClNO3+. The molecule has 1 atom stereocenters. The molecule has 0 heterocycles. The maximum atomic E-state index is 11.8. The van der Waals surface area contributed by atoms with Crippen LogP contribution in [0.4, 0.5) is 0 Å². The van der Waals surface area contributed by atoms with E-state index in [9.17, 15) is 9.90 Å². The molecule has 2 aromatic rings. The summed E-state index contributed by atoms with van der Waals surface area (Å²) >= 11 is 5.07. The minimum Gasteiger partial charge on any atom is -0.465 e. The van der Waals surface area contributed by atoms with E-state index in [0.717, 1.165) is 16.1 Å². The molecule has 0 unspecified atom stereocenters. The van der Waals surface area contributed by atoms with Gasteiger partial charge in [-0.1, -0.05) is 42.5 Å². The van der Waals surface area contributed by atoms with E-state index in [4.69, 9.17) is 16.3 Å². The number of benzene rings is 2. The Labute approximate surface area is 147 Å². The van der Waals surface area contributed by atoms with Gasteiger partial charge in [0.05, 0.1) is 19.3 Å². The first kappa shape index (κ1) is 18.5. The molecule has 0 amide bonds. The predicted octanol–water partition coefficient (Wildman–Crippen LogP) is 2.48. The molecule has 0 aliphatic carbocycles. The Morgan fingerprint density at radius 2 is 1.83 bits per heavy atom. The Kier molecular flexibility index (Phi) is 7.25. The van der Waals surface area contributed by atoms with E-state index in [-0.39, 0.29) is 12.5 Å². The van der Waals surface area contributed by atoms with Gasteiger partial charge in [0.15, 0.2) is 11.6 Å². The Morgan fingerprint density at radius 3 is 2.46 bits per heavy atom. The number of hydrogen-bond acceptors (Lipinski definition) is 4. The van der Waals surface area contributed by atoms with Crippen molar-refractivity contribution < 1.29 is 26.2 Å². The van der Waals surface area contributed by atoms with Crippen LogP contribution in [-0.4, -0.2) is 35.7 Å². The molecule has 0 fully saturated rings. The number of esters is 1.